The first-order chi connectivity index (χ1) is 36.3. The minimum Gasteiger partial charge on any atom is -0.454 e. The van der Waals surface area contributed by atoms with Gasteiger partial charge in [0.2, 0.25) is 0 Å². The zero-order valence-corrected chi connectivity index (χ0v) is 45.8. The molecule has 0 atom stereocenters. The summed E-state index contributed by atoms with van der Waals surface area (Å²) in [6.45, 7) is 20.3. The molecule has 6 heteroatoms. The molecule has 0 fully saturated rings. The number of hydrogen-bond acceptors (Lipinski definition) is 4. The predicted molar refractivity (Wildman–Crippen MR) is 325 cm³/mol. The van der Waals surface area contributed by atoms with Crippen LogP contribution in [0.15, 0.2) is 215 Å². The molecule has 0 saturated heterocycles. The summed E-state index contributed by atoms with van der Waals surface area (Å²) < 4.78 is 13.4. The van der Waals surface area contributed by atoms with Crippen LogP contribution >= 0.6 is 0 Å². The molecule has 364 valence electrons. The fourth-order valence-corrected chi connectivity index (χ4v) is 27.1. The van der Waals surface area contributed by atoms with E-state index in [9.17, 15) is 0 Å². The molecule has 75 heavy (non-hydrogen) atoms. The van der Waals surface area contributed by atoms with Gasteiger partial charge in [0.15, 0.2) is 11.2 Å². The van der Waals surface area contributed by atoms with Crippen molar-refractivity contribution >= 4 is 126 Å². The molecular formula is C69H58N2O2Si2. The Morgan fingerprint density at radius 2 is 0.827 bits per heavy atom. The first kappa shape index (κ1) is 45.4. The summed E-state index contributed by atoms with van der Waals surface area (Å²) >= 11 is 0. The average Bonchev–Trinajstić information content (AvgIpc) is 4.18. The molecule has 2 heterocycles. The van der Waals surface area contributed by atoms with Crippen LogP contribution in [0.3, 0.4) is 0 Å². The van der Waals surface area contributed by atoms with Gasteiger partial charge in [0.1, 0.15) is 11.2 Å². The van der Waals surface area contributed by atoms with Gasteiger partial charge in [-0.2, -0.15) is 0 Å². The molecule has 0 spiro atoms. The van der Waals surface area contributed by atoms with Gasteiger partial charge in [-0.25, -0.2) is 0 Å². The lowest BCUT2D eigenvalue weighted by atomic mass is 9.90. The second-order valence-electron chi connectivity index (χ2n) is 23.0. The van der Waals surface area contributed by atoms with Crippen molar-refractivity contribution in [1.29, 1.82) is 0 Å². The van der Waals surface area contributed by atoms with Crippen LogP contribution in [0, 0.1) is 13.8 Å². The molecule has 0 N–H and O–H groups in total. The van der Waals surface area contributed by atoms with Crippen molar-refractivity contribution in [3.05, 3.63) is 229 Å². The van der Waals surface area contributed by atoms with Crippen LogP contribution in [0.25, 0.3) is 87.3 Å². The molecule has 0 bridgehead atoms. The first-order valence-corrected chi connectivity index (χ1v) is 33.4. The quantitative estimate of drug-likeness (QED) is 0.112. The van der Waals surface area contributed by atoms with E-state index in [2.05, 4.69) is 269 Å². The Morgan fingerprint density at radius 3 is 1.39 bits per heavy atom. The van der Waals surface area contributed by atoms with Crippen molar-refractivity contribution < 1.29 is 8.83 Å². The summed E-state index contributed by atoms with van der Waals surface area (Å²) in [5, 5.41) is 12.2. The molecule has 13 aromatic rings. The summed E-state index contributed by atoms with van der Waals surface area (Å²) in [4.78, 5) is 4.85. The summed E-state index contributed by atoms with van der Waals surface area (Å²) in [5.41, 5.74) is 18.3. The van der Waals surface area contributed by atoms with Gasteiger partial charge < -0.3 is 18.6 Å². The molecule has 11 aromatic carbocycles. The fraction of sp³-hybridized carbons (Fsp3) is 0.130. The molecule has 1 aliphatic carbocycles. The molecule has 0 unspecified atom stereocenters. The number of fused-ring (bicyclic) bond motifs is 15. The number of aryl methyl sites for hydroxylation is 2. The van der Waals surface area contributed by atoms with E-state index in [1.165, 1.54) is 65.7 Å². The summed E-state index contributed by atoms with van der Waals surface area (Å²) in [6, 6.07) is 76.3. The topological polar surface area (TPSA) is 32.8 Å². The Kier molecular flexibility index (Phi) is 9.95. The van der Waals surface area contributed by atoms with Crippen molar-refractivity contribution in [3.8, 4) is 11.1 Å². The smallest absolute Gasteiger partial charge is 0.159 e. The number of nitrogens with zero attached hydrogens (tertiary/aromatic N) is 2. The lowest BCUT2D eigenvalue weighted by molar-refractivity contribution is 0.668. The Labute approximate surface area is 440 Å². The molecule has 0 aliphatic heterocycles. The highest BCUT2D eigenvalue weighted by Crippen LogP contribution is 2.63. The number of furan rings is 2. The molecule has 0 saturated carbocycles. The van der Waals surface area contributed by atoms with E-state index in [0.29, 0.717) is 0 Å². The summed E-state index contributed by atoms with van der Waals surface area (Å²) in [5.74, 6) is 0. The highest BCUT2D eigenvalue weighted by molar-refractivity contribution is 7.00. The van der Waals surface area contributed by atoms with E-state index in [1.807, 2.05) is 0 Å². The van der Waals surface area contributed by atoms with Gasteiger partial charge in [-0.3, -0.25) is 0 Å². The highest BCUT2D eigenvalue weighted by Gasteiger charge is 2.60. The van der Waals surface area contributed by atoms with Gasteiger partial charge in [-0.05, 0) is 146 Å². The van der Waals surface area contributed by atoms with Crippen molar-refractivity contribution in [1.82, 2.24) is 0 Å². The van der Waals surface area contributed by atoms with Crippen LogP contribution in [-0.2, 0) is 4.66 Å². The minimum atomic E-state index is -2.18. The van der Waals surface area contributed by atoms with E-state index in [0.717, 1.165) is 78.0 Å². The number of hydrogen-bond donors (Lipinski definition) is 0. The molecular weight excluding hydrogens is 945 g/mol. The normalized spacial score (nSPS) is 13.4. The number of anilines is 6. The summed E-state index contributed by atoms with van der Waals surface area (Å²) in [6.07, 6.45) is 0. The van der Waals surface area contributed by atoms with Crippen LogP contribution < -0.4 is 9.80 Å². The lowest BCUT2D eigenvalue weighted by Crippen LogP contribution is -2.63. The van der Waals surface area contributed by atoms with E-state index in [1.54, 1.807) is 0 Å². The van der Waals surface area contributed by atoms with Gasteiger partial charge in [-0.1, -0.05) is 179 Å². The third kappa shape index (κ3) is 6.52. The standard InChI is InChI=1S/C69H58N2O2Si2/c1-43-21-9-15-29-59(43)70(61-31-19-27-54-50-24-13-17-33-63(50)72-67(54)61)47-36-35-45-40-57-58(41-46(45)39-47)69(74(3,4)5,75(6,7)8)66-53-38-37-48(42-56(53)49-23-11-12-26-52(49)65(57)66)71(60-30-16-10-22-44(60)2)62-32-20-28-55-51-25-14-18-34-64(51)73-68(55)62/h9-42H,1-8H3. The van der Waals surface area contributed by atoms with Crippen molar-refractivity contribution in [2.45, 2.75) is 57.8 Å². The SMILES string of the molecule is Cc1ccccc1N(c1ccc2cc3c(cc2c1)C([Si](C)(C)C)([Si](C)(C)C)c1c-3c2ccccc2c2cc(N(c3ccccc3C)c3cccc4c3oc3ccccc34)ccc12)c1cccc2c1oc1ccccc12. The maximum absolute atomic E-state index is 6.80. The number of para-hydroxylation sites is 6. The van der Waals surface area contributed by atoms with Gasteiger partial charge in [0, 0.05) is 49.0 Å². The second kappa shape index (κ2) is 16.4. The van der Waals surface area contributed by atoms with Crippen molar-refractivity contribution in [3.63, 3.8) is 0 Å². The second-order valence-corrected chi connectivity index (χ2v) is 34.0. The Hall–Kier alpha value is -8.17. The maximum Gasteiger partial charge on any atom is 0.159 e. The molecule has 0 radical (unpaired) electrons. The van der Waals surface area contributed by atoms with E-state index in [-0.39, 0.29) is 4.66 Å². The fourth-order valence-electron chi connectivity index (χ4n) is 14.0. The average molecular weight is 1000 g/mol. The van der Waals surface area contributed by atoms with E-state index >= 15 is 0 Å². The van der Waals surface area contributed by atoms with Gasteiger partial charge >= 0.3 is 0 Å². The van der Waals surface area contributed by atoms with Gasteiger partial charge in [0.25, 0.3) is 0 Å². The zero-order chi connectivity index (χ0) is 51.1. The Balaban J connectivity index is 1.02. The zero-order valence-electron chi connectivity index (χ0n) is 43.8. The maximum atomic E-state index is 6.80. The predicted octanol–water partition coefficient (Wildman–Crippen LogP) is 20.5. The van der Waals surface area contributed by atoms with Crippen LogP contribution in [0.1, 0.15) is 22.3 Å². The largest absolute Gasteiger partial charge is 0.454 e. The monoisotopic (exact) mass is 1000 g/mol. The summed E-state index contributed by atoms with van der Waals surface area (Å²) in [7, 11) is -4.36. The van der Waals surface area contributed by atoms with Crippen LogP contribution in [0.5, 0.6) is 0 Å². The van der Waals surface area contributed by atoms with Gasteiger partial charge in [-0.15, -0.1) is 0 Å². The first-order valence-electron chi connectivity index (χ1n) is 26.4. The molecule has 14 rings (SSSR count). The molecule has 4 nitrogen and oxygen atoms in total. The van der Waals surface area contributed by atoms with E-state index < -0.39 is 16.1 Å². The Bertz CT molecular complexity index is 4500. The minimum absolute atomic E-state index is 0.149. The van der Waals surface area contributed by atoms with Crippen molar-refractivity contribution in [2.75, 3.05) is 9.80 Å². The molecule has 1 aliphatic rings. The number of rotatable bonds is 8. The van der Waals surface area contributed by atoms with Crippen LogP contribution in [0.4, 0.5) is 34.1 Å². The van der Waals surface area contributed by atoms with Crippen molar-refractivity contribution in [2.24, 2.45) is 0 Å². The third-order valence-corrected chi connectivity index (χ3v) is 26.8. The van der Waals surface area contributed by atoms with E-state index in [4.69, 9.17) is 8.83 Å². The lowest BCUT2D eigenvalue weighted by Gasteiger charge is -2.51. The van der Waals surface area contributed by atoms with Crippen LogP contribution in [-0.4, -0.2) is 16.1 Å². The van der Waals surface area contributed by atoms with Crippen LogP contribution in [0.2, 0.25) is 39.3 Å². The molecule has 0 amide bonds. The molecule has 2 aromatic heterocycles. The van der Waals surface area contributed by atoms with Gasteiger partial charge in [0.05, 0.1) is 27.5 Å². The number of benzene rings is 11. The Morgan fingerprint density at radius 1 is 0.360 bits per heavy atom. The third-order valence-electron chi connectivity index (χ3n) is 16.7. The highest BCUT2D eigenvalue weighted by atomic mass is 28.4.